The lowest BCUT2D eigenvalue weighted by molar-refractivity contribution is -0.137. The van der Waals surface area contributed by atoms with Crippen LogP contribution in [0.25, 0.3) is 5.69 Å². The van der Waals surface area contributed by atoms with E-state index in [4.69, 9.17) is 0 Å². The van der Waals surface area contributed by atoms with Crippen molar-refractivity contribution >= 4 is 12.6 Å². The molecule has 1 aromatic carbocycles. The summed E-state index contributed by atoms with van der Waals surface area (Å²) in [5.74, 6) is 0.620. The van der Waals surface area contributed by atoms with E-state index in [1.807, 2.05) is 13.8 Å². The first-order valence-electron chi connectivity index (χ1n) is 6.07. The van der Waals surface area contributed by atoms with Crippen LogP contribution in [0.1, 0.15) is 36.7 Å². The van der Waals surface area contributed by atoms with Crippen molar-refractivity contribution < 1.29 is 13.2 Å². The Morgan fingerprint density at radius 3 is 2.15 bits per heavy atom. The lowest BCUT2D eigenvalue weighted by Crippen LogP contribution is -2.06. The Bertz CT molecular complexity index is 588. The molecule has 0 atom stereocenters. The van der Waals surface area contributed by atoms with Crippen LogP contribution in [0, 0.1) is 0 Å². The third-order valence-corrected chi connectivity index (χ3v) is 3.14. The lowest BCUT2D eigenvalue weighted by Gasteiger charge is -2.07. The summed E-state index contributed by atoms with van der Waals surface area (Å²) in [6.07, 6.45) is -4.34. The van der Waals surface area contributed by atoms with Crippen LogP contribution in [0.15, 0.2) is 24.3 Å². The van der Waals surface area contributed by atoms with Crippen LogP contribution in [0.3, 0.4) is 0 Å². The van der Waals surface area contributed by atoms with E-state index in [2.05, 4.69) is 22.8 Å². The highest BCUT2D eigenvalue weighted by atomic mass is 32.1. The molecule has 3 nitrogen and oxygen atoms in total. The summed E-state index contributed by atoms with van der Waals surface area (Å²) in [4.78, 5) is 1.35. The zero-order valence-electron chi connectivity index (χ0n) is 11.0. The van der Waals surface area contributed by atoms with E-state index in [1.165, 1.54) is 16.9 Å². The van der Waals surface area contributed by atoms with Crippen LogP contribution >= 0.6 is 12.6 Å². The normalized spacial score (nSPS) is 12.2. The van der Waals surface area contributed by atoms with Gasteiger partial charge in [-0.1, -0.05) is 13.8 Å². The molecule has 0 amide bonds. The van der Waals surface area contributed by atoms with E-state index >= 15 is 0 Å². The van der Waals surface area contributed by atoms with Crippen molar-refractivity contribution in [2.75, 3.05) is 0 Å². The van der Waals surface area contributed by atoms with Gasteiger partial charge in [0.1, 0.15) is 0 Å². The Kier molecular flexibility index (Phi) is 4.08. The van der Waals surface area contributed by atoms with Gasteiger partial charge in [-0.15, -0.1) is 0 Å². The van der Waals surface area contributed by atoms with Gasteiger partial charge in [0, 0.05) is 5.75 Å². The van der Waals surface area contributed by atoms with Crippen LogP contribution in [0.5, 0.6) is 0 Å². The molecule has 1 aromatic heterocycles. The predicted octanol–water partition coefficient (Wildman–Crippen LogP) is 3.84. The van der Waals surface area contributed by atoms with Crippen molar-refractivity contribution in [3.05, 3.63) is 41.2 Å². The van der Waals surface area contributed by atoms with Crippen molar-refractivity contribution in [3.8, 4) is 5.69 Å². The molecule has 7 heteroatoms. The molecule has 0 N–H and O–H groups in total. The third kappa shape index (κ3) is 2.98. The average Bonchev–Trinajstić information content (AvgIpc) is 2.82. The van der Waals surface area contributed by atoms with Gasteiger partial charge in [0.25, 0.3) is 0 Å². The fraction of sp³-hybridized carbons (Fsp3) is 0.385. The average molecular weight is 301 g/mol. The Labute approximate surface area is 120 Å². The van der Waals surface area contributed by atoms with E-state index in [9.17, 15) is 13.2 Å². The standard InChI is InChI=1S/C13H14F3N3S/c1-8(2)12-11(7-20)17-19(18-12)10-5-3-9(4-6-10)13(14,15)16/h3-6,8,20H,7H2,1-2H3. The maximum absolute atomic E-state index is 12.5. The minimum Gasteiger partial charge on any atom is -0.173 e. The predicted molar refractivity (Wildman–Crippen MR) is 73.1 cm³/mol. The minimum atomic E-state index is -4.34. The zero-order chi connectivity index (χ0) is 14.9. The number of nitrogens with zero attached hydrogens (tertiary/aromatic N) is 3. The van der Waals surface area contributed by atoms with Gasteiger partial charge in [0.05, 0.1) is 22.6 Å². The molecular formula is C13H14F3N3S. The number of hydrogen-bond acceptors (Lipinski definition) is 3. The maximum Gasteiger partial charge on any atom is 0.416 e. The Morgan fingerprint density at radius 1 is 1.15 bits per heavy atom. The molecule has 0 aliphatic heterocycles. The van der Waals surface area contributed by atoms with Gasteiger partial charge in [-0.05, 0) is 30.2 Å². The van der Waals surface area contributed by atoms with Crippen LogP contribution < -0.4 is 0 Å². The summed E-state index contributed by atoms with van der Waals surface area (Å²) in [6, 6.07) is 4.76. The monoisotopic (exact) mass is 301 g/mol. The highest BCUT2D eigenvalue weighted by Crippen LogP contribution is 2.29. The van der Waals surface area contributed by atoms with E-state index in [0.717, 1.165) is 23.5 Å². The lowest BCUT2D eigenvalue weighted by atomic mass is 10.1. The fourth-order valence-electron chi connectivity index (χ4n) is 1.81. The van der Waals surface area contributed by atoms with Crippen molar-refractivity contribution in [2.24, 2.45) is 0 Å². The topological polar surface area (TPSA) is 30.7 Å². The Morgan fingerprint density at radius 2 is 1.75 bits per heavy atom. The first-order chi connectivity index (χ1) is 9.32. The number of aromatic nitrogens is 3. The molecule has 2 rings (SSSR count). The summed E-state index contributed by atoms with van der Waals surface area (Å²) in [7, 11) is 0. The number of halogens is 3. The molecule has 2 aromatic rings. The van der Waals surface area contributed by atoms with Gasteiger partial charge in [-0.25, -0.2) is 0 Å². The van der Waals surface area contributed by atoms with Gasteiger partial charge >= 0.3 is 6.18 Å². The summed E-state index contributed by atoms with van der Waals surface area (Å²) in [5.41, 5.74) is 1.35. The second-order valence-corrected chi connectivity index (χ2v) is 5.00. The summed E-state index contributed by atoms with van der Waals surface area (Å²) in [5, 5.41) is 8.58. The molecule has 0 aliphatic carbocycles. The van der Waals surface area contributed by atoms with Crippen LogP contribution in [0.4, 0.5) is 13.2 Å². The molecule has 0 saturated carbocycles. The molecule has 0 aliphatic rings. The summed E-state index contributed by atoms with van der Waals surface area (Å²) in [6.45, 7) is 3.96. The van der Waals surface area contributed by atoms with Gasteiger partial charge in [0.15, 0.2) is 0 Å². The van der Waals surface area contributed by atoms with Gasteiger partial charge in [0.2, 0.25) is 0 Å². The van der Waals surface area contributed by atoms with Crippen LogP contribution in [0.2, 0.25) is 0 Å². The van der Waals surface area contributed by atoms with E-state index in [-0.39, 0.29) is 5.92 Å². The van der Waals surface area contributed by atoms with Gasteiger partial charge in [-0.3, -0.25) is 0 Å². The van der Waals surface area contributed by atoms with Crippen LogP contribution in [-0.4, -0.2) is 15.0 Å². The third-order valence-electron chi connectivity index (χ3n) is 2.84. The molecule has 20 heavy (non-hydrogen) atoms. The van der Waals surface area contributed by atoms with Gasteiger partial charge in [-0.2, -0.15) is 40.8 Å². The SMILES string of the molecule is CC(C)c1nn(-c2ccc(C(F)(F)F)cc2)nc1CS. The minimum absolute atomic E-state index is 0.181. The quantitative estimate of drug-likeness (QED) is 0.873. The molecule has 0 fully saturated rings. The Hall–Kier alpha value is -1.50. The first kappa shape index (κ1) is 14.9. The second-order valence-electron chi connectivity index (χ2n) is 4.68. The molecule has 108 valence electrons. The van der Waals surface area contributed by atoms with Crippen molar-refractivity contribution in [3.63, 3.8) is 0 Å². The zero-order valence-corrected chi connectivity index (χ0v) is 11.9. The number of hydrogen-bond donors (Lipinski definition) is 1. The van der Waals surface area contributed by atoms with Gasteiger partial charge < -0.3 is 0 Å². The first-order valence-corrected chi connectivity index (χ1v) is 6.70. The molecular weight excluding hydrogens is 287 g/mol. The van der Waals surface area contributed by atoms with Crippen molar-refractivity contribution in [1.29, 1.82) is 0 Å². The fourth-order valence-corrected chi connectivity index (χ4v) is 2.03. The maximum atomic E-state index is 12.5. The number of alkyl halides is 3. The number of benzene rings is 1. The highest BCUT2D eigenvalue weighted by molar-refractivity contribution is 7.79. The summed E-state index contributed by atoms with van der Waals surface area (Å²) < 4.78 is 37.5. The molecule has 0 unspecified atom stereocenters. The molecule has 0 bridgehead atoms. The molecule has 1 heterocycles. The van der Waals surface area contributed by atoms with E-state index in [1.54, 1.807) is 0 Å². The van der Waals surface area contributed by atoms with Crippen molar-refractivity contribution in [2.45, 2.75) is 31.7 Å². The van der Waals surface area contributed by atoms with Crippen molar-refractivity contribution in [1.82, 2.24) is 15.0 Å². The van der Waals surface area contributed by atoms with E-state index < -0.39 is 11.7 Å². The van der Waals surface area contributed by atoms with Crippen LogP contribution in [-0.2, 0) is 11.9 Å². The molecule has 0 radical (unpaired) electrons. The molecule has 0 spiro atoms. The summed E-state index contributed by atoms with van der Waals surface area (Å²) >= 11 is 4.19. The second kappa shape index (κ2) is 5.47. The number of thiol groups is 1. The largest absolute Gasteiger partial charge is 0.416 e. The highest BCUT2D eigenvalue weighted by Gasteiger charge is 2.30. The smallest absolute Gasteiger partial charge is 0.173 e. The molecule has 0 saturated heterocycles. The number of rotatable bonds is 3. The Balaban J connectivity index is 2.37. The van der Waals surface area contributed by atoms with E-state index in [0.29, 0.717) is 11.4 Å².